The summed E-state index contributed by atoms with van der Waals surface area (Å²) in [5.74, 6) is 0.237. The van der Waals surface area contributed by atoms with Gasteiger partial charge in [0, 0.05) is 68.2 Å². The van der Waals surface area contributed by atoms with E-state index in [0.29, 0.717) is 36.8 Å². The molecular weight excluding hydrogens is 677 g/mol. The van der Waals surface area contributed by atoms with Crippen molar-refractivity contribution in [2.45, 2.75) is 13.0 Å². The zero-order chi connectivity index (χ0) is 34.6. The lowest BCUT2D eigenvalue weighted by atomic mass is 10.1. The lowest BCUT2D eigenvalue weighted by Crippen LogP contribution is -2.44. The lowest BCUT2D eigenvalue weighted by molar-refractivity contribution is -0.122. The Bertz CT molecular complexity index is 1940. The van der Waals surface area contributed by atoms with Gasteiger partial charge in [-0.2, -0.15) is 0 Å². The molecule has 2 aromatic heterocycles. The van der Waals surface area contributed by atoms with E-state index in [1.165, 1.54) is 22.3 Å². The van der Waals surface area contributed by atoms with Crippen LogP contribution < -0.4 is 9.64 Å². The molecule has 12 nitrogen and oxygen atoms in total. The molecule has 4 aromatic rings. The number of carboxylic acid groups (broad SMARTS) is 1. The molecule has 1 N–H and O–H groups in total. The Morgan fingerprint density at radius 3 is 2.62 bits per heavy atom. The summed E-state index contributed by atoms with van der Waals surface area (Å²) in [6.45, 7) is 7.61. The Hall–Kier alpha value is -4.34. The third-order valence-corrected chi connectivity index (χ3v) is 10.9. The van der Waals surface area contributed by atoms with Crippen LogP contribution >= 0.6 is 23.1 Å². The van der Waals surface area contributed by atoms with Crippen LogP contribution in [0.15, 0.2) is 59.1 Å². The monoisotopic (exact) mass is 714 g/mol. The summed E-state index contributed by atoms with van der Waals surface area (Å²) in [4.78, 5) is 56.2. The van der Waals surface area contributed by atoms with Crippen molar-refractivity contribution in [3.63, 3.8) is 0 Å². The molecule has 0 saturated carbocycles. The summed E-state index contributed by atoms with van der Waals surface area (Å²) < 4.78 is 11.5. The number of imide groups is 1. The molecule has 3 aliphatic rings. The second kappa shape index (κ2) is 15.3. The number of benzene rings is 2. The largest absolute Gasteiger partial charge is 0.493 e. The van der Waals surface area contributed by atoms with Gasteiger partial charge in [-0.3, -0.25) is 19.4 Å². The summed E-state index contributed by atoms with van der Waals surface area (Å²) in [6, 6.07) is 13.1. The molecule has 0 atom stereocenters. The van der Waals surface area contributed by atoms with Gasteiger partial charge in [0.2, 0.25) is 0 Å². The fraction of sp³-hybridized carbons (Fsp3) is 0.361. The molecule has 3 aliphatic heterocycles. The number of amides is 2. The molecule has 3 saturated heterocycles. The third kappa shape index (κ3) is 7.69. The summed E-state index contributed by atoms with van der Waals surface area (Å²) in [5.41, 5.74) is 3.94. The maximum atomic E-state index is 13.3. The van der Waals surface area contributed by atoms with Crippen molar-refractivity contribution in [1.82, 2.24) is 24.7 Å². The summed E-state index contributed by atoms with van der Waals surface area (Å²) >= 11 is 2.47. The van der Waals surface area contributed by atoms with Crippen LogP contribution in [0.3, 0.4) is 0 Å². The normalized spacial score (nSPS) is 18.5. The standard InChI is InChI=1S/C36H38N6O6S2/c1-39-8-10-41(11-9-39)33-29-19-24(3-5-30(29)37-23-38-33)27-18-28(49-22-27)20-32-34(43)42(36(46)50-32)7-2-14-48-31-6-4-25(35(44)45)17-26(31)21-40-12-15-47-16-13-40/h3-6,17-20,22-23H,2,7-16,21H2,1H3,(H,44,45)/b32-20-. The molecule has 0 bridgehead atoms. The molecule has 14 heteroatoms. The van der Waals surface area contributed by atoms with Crippen molar-refractivity contribution in [3.8, 4) is 16.9 Å². The van der Waals surface area contributed by atoms with Crippen LogP contribution in [0.25, 0.3) is 28.1 Å². The van der Waals surface area contributed by atoms with E-state index in [1.807, 2.05) is 12.1 Å². The predicted molar refractivity (Wildman–Crippen MR) is 195 cm³/mol. The topological polar surface area (TPSA) is 129 Å². The van der Waals surface area contributed by atoms with Crippen molar-refractivity contribution < 1.29 is 29.0 Å². The van der Waals surface area contributed by atoms with Crippen LogP contribution in [0.1, 0.15) is 27.2 Å². The van der Waals surface area contributed by atoms with Gasteiger partial charge in [-0.1, -0.05) is 6.07 Å². The number of carbonyl (C=O) groups is 3. The van der Waals surface area contributed by atoms with Crippen molar-refractivity contribution in [2.75, 3.05) is 77.6 Å². The van der Waals surface area contributed by atoms with Gasteiger partial charge in [-0.25, -0.2) is 14.8 Å². The Balaban J connectivity index is 0.983. The Morgan fingerprint density at radius 1 is 1.00 bits per heavy atom. The number of piperazine rings is 1. The van der Waals surface area contributed by atoms with E-state index in [4.69, 9.17) is 9.47 Å². The molecule has 5 heterocycles. The predicted octanol–water partition coefficient (Wildman–Crippen LogP) is 5.15. The Morgan fingerprint density at radius 2 is 1.82 bits per heavy atom. The number of aromatic nitrogens is 2. The number of carbonyl (C=O) groups excluding carboxylic acids is 2. The van der Waals surface area contributed by atoms with Crippen LogP contribution in [0.2, 0.25) is 0 Å². The minimum Gasteiger partial charge on any atom is -0.493 e. The zero-order valence-electron chi connectivity index (χ0n) is 27.7. The number of nitrogens with zero attached hydrogens (tertiary/aromatic N) is 6. The minimum absolute atomic E-state index is 0.199. The van der Waals surface area contributed by atoms with Gasteiger partial charge in [0.05, 0.1) is 35.8 Å². The van der Waals surface area contributed by atoms with Gasteiger partial charge in [0.15, 0.2) is 0 Å². The van der Waals surface area contributed by atoms with E-state index in [-0.39, 0.29) is 29.9 Å². The van der Waals surface area contributed by atoms with E-state index in [2.05, 4.69) is 49.2 Å². The van der Waals surface area contributed by atoms with Crippen LogP contribution in [-0.2, 0) is 16.1 Å². The van der Waals surface area contributed by atoms with Crippen LogP contribution in [0.5, 0.6) is 5.75 Å². The summed E-state index contributed by atoms with van der Waals surface area (Å²) in [7, 11) is 2.13. The number of hydrogen-bond donors (Lipinski definition) is 1. The van der Waals surface area contributed by atoms with Gasteiger partial charge in [-0.05, 0) is 84.2 Å². The van der Waals surface area contributed by atoms with E-state index in [0.717, 1.165) is 89.3 Å². The second-order valence-electron chi connectivity index (χ2n) is 12.5. The van der Waals surface area contributed by atoms with Crippen LogP contribution in [0, 0.1) is 0 Å². The van der Waals surface area contributed by atoms with Crippen molar-refractivity contribution >= 4 is 63.0 Å². The number of morpholine rings is 1. The average molecular weight is 715 g/mol. The number of thiophene rings is 1. The third-order valence-electron chi connectivity index (χ3n) is 9.11. The SMILES string of the molecule is CN1CCN(c2ncnc3ccc(-c4csc(/C=C5\SC(=O)N(CCCOc6ccc(C(=O)O)cc6CN6CCOCC6)C5=O)c4)cc23)CC1. The highest BCUT2D eigenvalue weighted by Gasteiger charge is 2.34. The number of carboxylic acids is 1. The zero-order valence-corrected chi connectivity index (χ0v) is 29.4. The smallest absolute Gasteiger partial charge is 0.335 e. The first kappa shape index (κ1) is 34.1. The molecular formula is C36H38N6O6S2. The molecule has 7 rings (SSSR count). The minimum atomic E-state index is -0.995. The van der Waals surface area contributed by atoms with Crippen molar-refractivity contribution in [2.24, 2.45) is 0 Å². The molecule has 0 spiro atoms. The fourth-order valence-corrected chi connectivity index (χ4v) is 8.06. The number of rotatable bonds is 11. The van der Waals surface area contributed by atoms with E-state index >= 15 is 0 Å². The van der Waals surface area contributed by atoms with Crippen LogP contribution in [-0.4, -0.2) is 120 Å². The number of thioether (sulfide) groups is 1. The highest BCUT2D eigenvalue weighted by Crippen LogP contribution is 2.36. The highest BCUT2D eigenvalue weighted by molar-refractivity contribution is 8.18. The summed E-state index contributed by atoms with van der Waals surface area (Å²) in [5, 5.41) is 12.3. The van der Waals surface area contributed by atoms with Gasteiger partial charge < -0.3 is 24.4 Å². The molecule has 2 amide bonds. The molecule has 2 aromatic carbocycles. The van der Waals surface area contributed by atoms with Crippen molar-refractivity contribution in [3.05, 3.63) is 75.1 Å². The molecule has 260 valence electrons. The average Bonchev–Trinajstić information content (AvgIpc) is 3.70. The number of hydrogen-bond acceptors (Lipinski definition) is 12. The van der Waals surface area contributed by atoms with Crippen LogP contribution in [0.4, 0.5) is 10.6 Å². The lowest BCUT2D eigenvalue weighted by Gasteiger charge is -2.33. The first-order valence-corrected chi connectivity index (χ1v) is 18.3. The van der Waals surface area contributed by atoms with Gasteiger partial charge in [-0.15, -0.1) is 11.3 Å². The maximum absolute atomic E-state index is 13.3. The number of anilines is 1. The number of aromatic carboxylic acids is 1. The van der Waals surface area contributed by atoms with E-state index in [9.17, 15) is 19.5 Å². The number of fused-ring (bicyclic) bond motifs is 1. The fourth-order valence-electron chi connectivity index (χ4n) is 6.28. The molecule has 0 unspecified atom stereocenters. The molecule has 3 fully saturated rings. The van der Waals surface area contributed by atoms with Crippen molar-refractivity contribution in [1.29, 1.82) is 0 Å². The van der Waals surface area contributed by atoms with Gasteiger partial charge in [0.25, 0.3) is 11.1 Å². The molecule has 0 aliphatic carbocycles. The molecule has 50 heavy (non-hydrogen) atoms. The number of ether oxygens (including phenoxy) is 2. The van der Waals surface area contributed by atoms with E-state index < -0.39 is 5.97 Å². The second-order valence-corrected chi connectivity index (χ2v) is 14.4. The first-order chi connectivity index (χ1) is 24.3. The quantitative estimate of drug-likeness (QED) is 0.163. The first-order valence-electron chi connectivity index (χ1n) is 16.6. The molecule has 0 radical (unpaired) electrons. The Kier molecular flexibility index (Phi) is 10.4. The summed E-state index contributed by atoms with van der Waals surface area (Å²) in [6.07, 6.45) is 3.86. The maximum Gasteiger partial charge on any atom is 0.335 e. The Labute approximate surface area is 298 Å². The van der Waals surface area contributed by atoms with Gasteiger partial charge in [0.1, 0.15) is 17.9 Å². The highest BCUT2D eigenvalue weighted by atomic mass is 32.2. The van der Waals surface area contributed by atoms with Gasteiger partial charge >= 0.3 is 5.97 Å². The number of likely N-dealkylation sites (N-methyl/N-ethyl adjacent to an activating group) is 1. The van der Waals surface area contributed by atoms with E-state index in [1.54, 1.807) is 24.5 Å².